The van der Waals surface area contributed by atoms with Gasteiger partial charge in [0.05, 0.1) is 16.6 Å². The Balaban J connectivity index is 1.77. The third-order valence-electron chi connectivity index (χ3n) is 5.37. The molecule has 0 amide bonds. The van der Waals surface area contributed by atoms with E-state index in [9.17, 15) is 9.18 Å². The first-order valence-electron chi connectivity index (χ1n) is 9.88. The number of thioether (sulfide) groups is 1. The average Bonchev–Trinajstić information content (AvgIpc) is 3.19. The summed E-state index contributed by atoms with van der Waals surface area (Å²) in [5.74, 6) is 0.600. The number of halogens is 1. The zero-order valence-corrected chi connectivity index (χ0v) is 17.9. The standard InChI is InChI=1S/C24H19FN4OS/c1-15-8-7-9-16(2)21(15)29-22(30)18-11-4-6-13-20(18)28-23(29)26-27-24(28)31-14-17-10-3-5-12-19(17)25/h3-13H,14H2,1-2H3. The first-order chi connectivity index (χ1) is 15.1. The molecular formula is C24H19FN4OS. The van der Waals surface area contributed by atoms with Gasteiger partial charge in [0.2, 0.25) is 5.78 Å². The maximum absolute atomic E-state index is 14.1. The van der Waals surface area contributed by atoms with Gasteiger partial charge in [-0.3, -0.25) is 9.20 Å². The molecule has 5 nitrogen and oxygen atoms in total. The summed E-state index contributed by atoms with van der Waals surface area (Å²) in [6, 6.07) is 20.1. The molecular weight excluding hydrogens is 411 g/mol. The highest BCUT2D eigenvalue weighted by Gasteiger charge is 2.20. The second kappa shape index (κ2) is 7.67. The van der Waals surface area contributed by atoms with Gasteiger partial charge in [0.25, 0.3) is 5.56 Å². The third-order valence-corrected chi connectivity index (χ3v) is 6.35. The summed E-state index contributed by atoms with van der Waals surface area (Å²) in [6.07, 6.45) is 0. The highest BCUT2D eigenvalue weighted by Crippen LogP contribution is 2.27. The molecule has 0 aliphatic carbocycles. The lowest BCUT2D eigenvalue weighted by Crippen LogP contribution is -2.23. The van der Waals surface area contributed by atoms with Crippen LogP contribution in [0.3, 0.4) is 0 Å². The average molecular weight is 431 g/mol. The smallest absolute Gasteiger partial charge is 0.267 e. The van der Waals surface area contributed by atoms with Crippen LogP contribution < -0.4 is 5.56 Å². The molecule has 0 radical (unpaired) electrons. The summed E-state index contributed by atoms with van der Waals surface area (Å²) in [5.41, 5.74) is 3.94. The van der Waals surface area contributed by atoms with Gasteiger partial charge in [-0.2, -0.15) is 0 Å². The van der Waals surface area contributed by atoms with Crippen molar-refractivity contribution in [3.05, 3.63) is 99.6 Å². The van der Waals surface area contributed by atoms with Crippen LogP contribution in [-0.2, 0) is 5.75 Å². The van der Waals surface area contributed by atoms with Crippen LogP contribution in [0.25, 0.3) is 22.4 Å². The van der Waals surface area contributed by atoms with Gasteiger partial charge in [0, 0.05) is 5.75 Å². The van der Waals surface area contributed by atoms with Crippen LogP contribution in [-0.4, -0.2) is 19.2 Å². The maximum atomic E-state index is 14.1. The predicted octanol–water partition coefficient (Wildman–Crippen LogP) is 5.08. The van der Waals surface area contributed by atoms with Crippen molar-refractivity contribution in [2.24, 2.45) is 0 Å². The highest BCUT2D eigenvalue weighted by molar-refractivity contribution is 7.98. The van der Waals surface area contributed by atoms with Crippen molar-refractivity contribution in [1.82, 2.24) is 19.2 Å². The van der Waals surface area contributed by atoms with Gasteiger partial charge in [0.15, 0.2) is 5.16 Å². The van der Waals surface area contributed by atoms with Crippen LogP contribution >= 0.6 is 11.8 Å². The zero-order chi connectivity index (χ0) is 21.5. The minimum Gasteiger partial charge on any atom is -0.268 e. The molecule has 0 N–H and O–H groups in total. The van der Waals surface area contributed by atoms with E-state index in [-0.39, 0.29) is 11.4 Å². The Bertz CT molecular complexity index is 1490. The van der Waals surface area contributed by atoms with Crippen LogP contribution in [0.2, 0.25) is 0 Å². The van der Waals surface area contributed by atoms with Crippen molar-refractivity contribution in [2.45, 2.75) is 24.8 Å². The fraction of sp³-hybridized carbons (Fsp3) is 0.125. The Morgan fingerprint density at radius 3 is 2.39 bits per heavy atom. The van der Waals surface area contributed by atoms with Gasteiger partial charge in [-0.15, -0.1) is 10.2 Å². The van der Waals surface area contributed by atoms with E-state index in [0.29, 0.717) is 27.6 Å². The molecule has 0 aliphatic rings. The van der Waals surface area contributed by atoms with Crippen LogP contribution in [0.15, 0.2) is 76.7 Å². The van der Waals surface area contributed by atoms with Crippen molar-refractivity contribution in [2.75, 3.05) is 0 Å². The van der Waals surface area contributed by atoms with Crippen molar-refractivity contribution in [3.8, 4) is 5.69 Å². The van der Waals surface area contributed by atoms with Gasteiger partial charge in [-0.1, -0.05) is 60.3 Å². The lowest BCUT2D eigenvalue weighted by molar-refractivity contribution is 0.617. The lowest BCUT2D eigenvalue weighted by atomic mass is 10.1. The van der Waals surface area contributed by atoms with Gasteiger partial charge in [-0.25, -0.2) is 8.96 Å². The Morgan fingerprint density at radius 1 is 0.903 bits per heavy atom. The van der Waals surface area contributed by atoms with E-state index >= 15 is 0 Å². The molecule has 2 aromatic heterocycles. The summed E-state index contributed by atoms with van der Waals surface area (Å²) in [6.45, 7) is 3.95. The minimum absolute atomic E-state index is 0.140. The molecule has 0 saturated carbocycles. The van der Waals surface area contributed by atoms with E-state index in [2.05, 4.69) is 10.2 Å². The summed E-state index contributed by atoms with van der Waals surface area (Å²) < 4.78 is 17.6. The number of hydrogen-bond acceptors (Lipinski definition) is 4. The second-order valence-electron chi connectivity index (χ2n) is 7.40. The normalized spacial score (nSPS) is 11.5. The molecule has 0 saturated heterocycles. The van der Waals surface area contributed by atoms with Crippen LogP contribution in [0.1, 0.15) is 16.7 Å². The fourth-order valence-corrected chi connectivity index (χ4v) is 4.82. The monoisotopic (exact) mass is 430 g/mol. The molecule has 3 aromatic carbocycles. The fourth-order valence-electron chi connectivity index (χ4n) is 3.89. The minimum atomic E-state index is -0.249. The number of fused-ring (bicyclic) bond motifs is 3. The molecule has 0 aliphatic heterocycles. The summed E-state index contributed by atoms with van der Waals surface area (Å²) in [7, 11) is 0. The molecule has 0 spiro atoms. The Morgan fingerprint density at radius 2 is 1.61 bits per heavy atom. The van der Waals surface area contributed by atoms with Gasteiger partial charge < -0.3 is 0 Å². The molecule has 5 aromatic rings. The van der Waals surface area contributed by atoms with E-state index < -0.39 is 0 Å². The number of nitrogens with zero attached hydrogens (tertiary/aromatic N) is 4. The summed E-state index contributed by atoms with van der Waals surface area (Å²) >= 11 is 1.39. The van der Waals surface area contributed by atoms with Crippen LogP contribution in [0, 0.1) is 19.7 Å². The number of para-hydroxylation sites is 2. The molecule has 0 bridgehead atoms. The van der Waals surface area contributed by atoms with Crippen LogP contribution in [0.4, 0.5) is 4.39 Å². The number of rotatable bonds is 4. The molecule has 0 unspecified atom stereocenters. The first kappa shape index (κ1) is 19.5. The van der Waals surface area contributed by atoms with Gasteiger partial charge in [0.1, 0.15) is 5.82 Å². The van der Waals surface area contributed by atoms with E-state index in [4.69, 9.17) is 0 Å². The molecule has 5 rings (SSSR count). The molecule has 31 heavy (non-hydrogen) atoms. The molecule has 0 fully saturated rings. The summed E-state index contributed by atoms with van der Waals surface area (Å²) in [5, 5.41) is 9.93. The topological polar surface area (TPSA) is 52.2 Å². The Labute approximate surface area is 182 Å². The first-order valence-corrected chi connectivity index (χ1v) is 10.9. The largest absolute Gasteiger partial charge is 0.268 e. The molecule has 0 atom stereocenters. The van der Waals surface area contributed by atoms with Crippen molar-refractivity contribution >= 4 is 28.4 Å². The van der Waals surface area contributed by atoms with Crippen LogP contribution in [0.5, 0.6) is 0 Å². The molecule has 2 heterocycles. The number of benzene rings is 3. The lowest BCUT2D eigenvalue weighted by Gasteiger charge is -2.15. The maximum Gasteiger partial charge on any atom is 0.267 e. The highest BCUT2D eigenvalue weighted by atomic mass is 32.2. The summed E-state index contributed by atoms with van der Waals surface area (Å²) in [4.78, 5) is 13.5. The Kier molecular flexibility index (Phi) is 4.82. The van der Waals surface area contributed by atoms with E-state index in [0.717, 1.165) is 22.3 Å². The zero-order valence-electron chi connectivity index (χ0n) is 17.0. The third kappa shape index (κ3) is 3.21. The molecule has 154 valence electrons. The SMILES string of the molecule is Cc1cccc(C)c1-n1c(=O)c2ccccc2n2c(SCc3ccccc3F)nnc12. The van der Waals surface area contributed by atoms with Crippen molar-refractivity contribution < 1.29 is 4.39 Å². The second-order valence-corrected chi connectivity index (χ2v) is 8.34. The van der Waals surface area contributed by atoms with Gasteiger partial charge >= 0.3 is 0 Å². The number of hydrogen-bond donors (Lipinski definition) is 0. The number of aryl methyl sites for hydroxylation is 2. The van der Waals surface area contributed by atoms with E-state index in [1.165, 1.54) is 17.8 Å². The molecule has 7 heteroatoms. The van der Waals surface area contributed by atoms with E-state index in [1.807, 2.05) is 66.8 Å². The van der Waals surface area contributed by atoms with Gasteiger partial charge in [-0.05, 0) is 48.7 Å². The van der Waals surface area contributed by atoms with Crippen molar-refractivity contribution in [1.29, 1.82) is 0 Å². The van der Waals surface area contributed by atoms with Crippen molar-refractivity contribution in [3.63, 3.8) is 0 Å². The Hall–Kier alpha value is -3.45. The number of aromatic nitrogens is 4. The predicted molar refractivity (Wildman–Crippen MR) is 122 cm³/mol. The van der Waals surface area contributed by atoms with E-state index in [1.54, 1.807) is 16.7 Å². The quantitative estimate of drug-likeness (QED) is 0.373.